The summed E-state index contributed by atoms with van der Waals surface area (Å²) in [6, 6.07) is 0. The van der Waals surface area contributed by atoms with Crippen molar-refractivity contribution in [2.75, 3.05) is 14.2 Å². The van der Waals surface area contributed by atoms with Gasteiger partial charge in [-0.15, -0.1) is 0 Å². The first-order valence-electron chi connectivity index (χ1n) is 4.54. The number of aliphatic hydroxyl groups is 2. The van der Waals surface area contributed by atoms with Gasteiger partial charge in [0.15, 0.2) is 11.5 Å². The zero-order valence-electron chi connectivity index (χ0n) is 9.94. The van der Waals surface area contributed by atoms with Gasteiger partial charge in [-0.3, -0.25) is 0 Å². The van der Waals surface area contributed by atoms with Crippen LogP contribution in [0.5, 0.6) is 0 Å². The SMILES string of the molecule is COC(=O)C1=C(O)C(O)=C(C(=O)OC)CC1.[Na]. The van der Waals surface area contributed by atoms with Crippen molar-refractivity contribution in [1.29, 1.82) is 0 Å². The van der Waals surface area contributed by atoms with E-state index in [-0.39, 0.29) is 53.5 Å². The summed E-state index contributed by atoms with van der Waals surface area (Å²) < 4.78 is 8.85. The van der Waals surface area contributed by atoms with Crippen LogP contribution in [0.2, 0.25) is 0 Å². The maximum Gasteiger partial charge on any atom is 0.337 e. The molecule has 0 atom stereocenters. The van der Waals surface area contributed by atoms with Crippen LogP contribution in [-0.4, -0.2) is 65.9 Å². The molecule has 6 nitrogen and oxygen atoms in total. The van der Waals surface area contributed by atoms with Gasteiger partial charge in [-0.1, -0.05) is 0 Å². The number of hydrogen-bond acceptors (Lipinski definition) is 6. The second kappa shape index (κ2) is 6.68. The molecule has 0 aromatic heterocycles. The second-order valence-corrected chi connectivity index (χ2v) is 3.14. The molecule has 1 radical (unpaired) electrons. The van der Waals surface area contributed by atoms with Crippen molar-refractivity contribution >= 4 is 41.5 Å². The van der Waals surface area contributed by atoms with Crippen LogP contribution >= 0.6 is 0 Å². The molecule has 7 heteroatoms. The Hall–Kier alpha value is -0.980. The third kappa shape index (κ3) is 3.24. The molecule has 0 saturated carbocycles. The molecule has 1 rings (SSSR count). The van der Waals surface area contributed by atoms with Crippen LogP contribution in [0.3, 0.4) is 0 Å². The summed E-state index contributed by atoms with van der Waals surface area (Å²) >= 11 is 0. The second-order valence-electron chi connectivity index (χ2n) is 3.14. The third-order valence-corrected chi connectivity index (χ3v) is 2.28. The zero-order chi connectivity index (χ0) is 12.3. The van der Waals surface area contributed by atoms with Gasteiger partial charge in [-0.05, 0) is 12.8 Å². The molecular weight excluding hydrogens is 239 g/mol. The molecule has 0 aliphatic heterocycles. The first-order valence-corrected chi connectivity index (χ1v) is 4.54. The van der Waals surface area contributed by atoms with E-state index in [0.29, 0.717) is 0 Å². The van der Waals surface area contributed by atoms with E-state index in [1.54, 1.807) is 0 Å². The topological polar surface area (TPSA) is 93.1 Å². The Labute approximate surface area is 120 Å². The minimum atomic E-state index is -0.729. The minimum Gasteiger partial charge on any atom is -0.504 e. The number of rotatable bonds is 2. The molecule has 0 aromatic carbocycles. The average Bonchev–Trinajstić information content (AvgIpc) is 2.30. The predicted molar refractivity (Wildman–Crippen MR) is 58.3 cm³/mol. The monoisotopic (exact) mass is 251 g/mol. The van der Waals surface area contributed by atoms with Crippen LogP contribution in [0.4, 0.5) is 0 Å². The first-order chi connectivity index (χ1) is 7.52. The summed E-state index contributed by atoms with van der Waals surface area (Å²) in [7, 11) is 2.33. The largest absolute Gasteiger partial charge is 0.504 e. The Morgan fingerprint density at radius 3 is 1.47 bits per heavy atom. The number of carbonyl (C=O) groups is 2. The van der Waals surface area contributed by atoms with E-state index in [2.05, 4.69) is 9.47 Å². The van der Waals surface area contributed by atoms with E-state index < -0.39 is 23.5 Å². The van der Waals surface area contributed by atoms with Crippen molar-refractivity contribution in [3.05, 3.63) is 22.7 Å². The molecule has 0 bridgehead atoms. The van der Waals surface area contributed by atoms with E-state index in [4.69, 9.17) is 0 Å². The predicted octanol–water partition coefficient (Wildman–Crippen LogP) is 0.370. The van der Waals surface area contributed by atoms with E-state index in [1.165, 1.54) is 14.2 Å². The van der Waals surface area contributed by atoms with Crippen molar-refractivity contribution < 1.29 is 29.3 Å². The molecule has 0 amide bonds. The normalized spacial score (nSPS) is 15.2. The van der Waals surface area contributed by atoms with Crippen LogP contribution in [0.25, 0.3) is 0 Å². The summed E-state index contributed by atoms with van der Waals surface area (Å²) in [5.74, 6) is -2.71. The summed E-state index contributed by atoms with van der Waals surface area (Å²) in [6.45, 7) is 0. The Bertz CT molecular complexity index is 358. The van der Waals surface area contributed by atoms with Gasteiger partial charge < -0.3 is 19.7 Å². The van der Waals surface area contributed by atoms with E-state index >= 15 is 0 Å². The van der Waals surface area contributed by atoms with Crippen LogP contribution in [0.15, 0.2) is 22.7 Å². The number of esters is 2. The van der Waals surface area contributed by atoms with Gasteiger partial charge in [0.2, 0.25) is 0 Å². The summed E-state index contributed by atoms with van der Waals surface area (Å²) in [4.78, 5) is 22.4. The van der Waals surface area contributed by atoms with Crippen molar-refractivity contribution in [3.63, 3.8) is 0 Å². The van der Waals surface area contributed by atoms with E-state index in [0.717, 1.165) is 0 Å². The summed E-state index contributed by atoms with van der Waals surface area (Å²) in [5, 5.41) is 19.0. The molecular formula is C10H12NaO6. The Morgan fingerprint density at radius 2 is 1.24 bits per heavy atom. The summed E-state index contributed by atoms with van der Waals surface area (Å²) in [6.07, 6.45) is 0.236. The van der Waals surface area contributed by atoms with Crippen LogP contribution < -0.4 is 0 Å². The van der Waals surface area contributed by atoms with Crippen LogP contribution in [-0.2, 0) is 19.1 Å². The van der Waals surface area contributed by atoms with Gasteiger partial charge >= 0.3 is 11.9 Å². The fourth-order valence-electron chi connectivity index (χ4n) is 1.42. The number of ether oxygens (including phenoxy) is 2. The number of methoxy groups -OCH3 is 2. The standard InChI is InChI=1S/C10H12O6.Na/c1-15-9(13)5-3-4-6(10(14)16-2)8(12)7(5)11;/h11-12H,3-4H2,1-2H3;. The van der Waals surface area contributed by atoms with Crippen LogP contribution in [0.1, 0.15) is 12.8 Å². The van der Waals surface area contributed by atoms with Gasteiger partial charge in [0.1, 0.15) is 0 Å². The molecule has 1 aliphatic rings. The molecule has 0 saturated heterocycles. The number of carbonyl (C=O) groups excluding carboxylic acids is 2. The Balaban J connectivity index is 0.00000256. The van der Waals surface area contributed by atoms with Gasteiger partial charge in [0.25, 0.3) is 0 Å². The maximum atomic E-state index is 11.2. The molecule has 0 spiro atoms. The quantitative estimate of drug-likeness (QED) is 0.544. The average molecular weight is 251 g/mol. The summed E-state index contributed by atoms with van der Waals surface area (Å²) in [5.41, 5.74) is -0.0969. The van der Waals surface area contributed by atoms with Crippen molar-refractivity contribution in [3.8, 4) is 0 Å². The maximum absolute atomic E-state index is 11.2. The van der Waals surface area contributed by atoms with Crippen molar-refractivity contribution in [2.45, 2.75) is 12.8 Å². The fourth-order valence-corrected chi connectivity index (χ4v) is 1.42. The third-order valence-electron chi connectivity index (χ3n) is 2.28. The van der Waals surface area contributed by atoms with Crippen molar-refractivity contribution in [1.82, 2.24) is 0 Å². The number of aliphatic hydroxyl groups excluding tert-OH is 2. The van der Waals surface area contributed by atoms with E-state index in [9.17, 15) is 19.8 Å². The fraction of sp³-hybridized carbons (Fsp3) is 0.400. The molecule has 1 aliphatic carbocycles. The smallest absolute Gasteiger partial charge is 0.337 e. The molecule has 89 valence electrons. The molecule has 0 heterocycles. The first kappa shape index (κ1) is 16.0. The van der Waals surface area contributed by atoms with Gasteiger partial charge in [0, 0.05) is 29.6 Å². The van der Waals surface area contributed by atoms with Gasteiger partial charge in [-0.25, -0.2) is 9.59 Å². The number of hydrogen-bond donors (Lipinski definition) is 2. The van der Waals surface area contributed by atoms with Crippen molar-refractivity contribution in [2.24, 2.45) is 0 Å². The molecule has 17 heavy (non-hydrogen) atoms. The molecule has 2 N–H and O–H groups in total. The molecule has 0 aromatic rings. The Kier molecular flexibility index (Phi) is 6.30. The molecule has 0 unspecified atom stereocenters. The van der Waals surface area contributed by atoms with E-state index in [1.807, 2.05) is 0 Å². The van der Waals surface area contributed by atoms with Gasteiger partial charge in [-0.2, -0.15) is 0 Å². The zero-order valence-corrected chi connectivity index (χ0v) is 11.9. The Morgan fingerprint density at radius 1 is 0.941 bits per heavy atom. The molecule has 0 fully saturated rings. The minimum absolute atomic E-state index is 0. The van der Waals surface area contributed by atoms with Gasteiger partial charge in [0.05, 0.1) is 25.4 Å². The van der Waals surface area contributed by atoms with Crippen LogP contribution in [0, 0.1) is 0 Å².